The lowest BCUT2D eigenvalue weighted by molar-refractivity contribution is 0.211. The van der Waals surface area contributed by atoms with Gasteiger partial charge in [0.15, 0.2) is 0 Å². The van der Waals surface area contributed by atoms with E-state index in [0.29, 0.717) is 15.9 Å². The van der Waals surface area contributed by atoms with E-state index in [1.807, 2.05) is 6.92 Å². The SMILES string of the molecule is CCCC(C)Oc1cc(Br)c(F)cc1N. The molecule has 1 atom stereocenters. The first kappa shape index (κ1) is 12.3. The Morgan fingerprint density at radius 3 is 2.80 bits per heavy atom. The van der Waals surface area contributed by atoms with Crippen molar-refractivity contribution in [3.05, 3.63) is 22.4 Å². The summed E-state index contributed by atoms with van der Waals surface area (Å²) in [6.45, 7) is 4.06. The van der Waals surface area contributed by atoms with Crippen LogP contribution in [0.25, 0.3) is 0 Å². The van der Waals surface area contributed by atoms with E-state index in [0.717, 1.165) is 12.8 Å². The largest absolute Gasteiger partial charge is 0.489 e. The van der Waals surface area contributed by atoms with Gasteiger partial charge in [0, 0.05) is 6.07 Å². The van der Waals surface area contributed by atoms with E-state index >= 15 is 0 Å². The highest BCUT2D eigenvalue weighted by atomic mass is 79.9. The number of ether oxygens (including phenoxy) is 1. The lowest BCUT2D eigenvalue weighted by Gasteiger charge is -2.15. The van der Waals surface area contributed by atoms with E-state index in [2.05, 4.69) is 22.9 Å². The van der Waals surface area contributed by atoms with Crippen LogP contribution in [0.2, 0.25) is 0 Å². The zero-order valence-electron chi connectivity index (χ0n) is 8.89. The van der Waals surface area contributed by atoms with Gasteiger partial charge in [-0.3, -0.25) is 0 Å². The summed E-state index contributed by atoms with van der Waals surface area (Å²) in [5.74, 6) is 0.159. The first-order valence-corrected chi connectivity index (χ1v) is 5.75. The van der Waals surface area contributed by atoms with Crippen LogP contribution in [0.1, 0.15) is 26.7 Å². The van der Waals surface area contributed by atoms with Crippen molar-refractivity contribution in [1.82, 2.24) is 0 Å². The van der Waals surface area contributed by atoms with Crippen LogP contribution < -0.4 is 10.5 Å². The molecule has 1 rings (SSSR count). The highest BCUT2D eigenvalue weighted by Gasteiger charge is 2.09. The molecule has 4 heteroatoms. The predicted molar refractivity (Wildman–Crippen MR) is 63.5 cm³/mol. The molecule has 0 aliphatic rings. The summed E-state index contributed by atoms with van der Waals surface area (Å²) in [6.07, 6.45) is 2.09. The second-order valence-corrected chi connectivity index (χ2v) is 4.38. The van der Waals surface area contributed by atoms with Crippen LogP contribution in [-0.2, 0) is 0 Å². The maximum absolute atomic E-state index is 13.1. The Balaban J connectivity index is 2.81. The normalized spacial score (nSPS) is 12.5. The van der Waals surface area contributed by atoms with Crippen molar-refractivity contribution in [2.24, 2.45) is 0 Å². The highest BCUT2D eigenvalue weighted by molar-refractivity contribution is 9.10. The number of anilines is 1. The third-order valence-electron chi connectivity index (χ3n) is 2.08. The van der Waals surface area contributed by atoms with Gasteiger partial charge in [-0.2, -0.15) is 0 Å². The van der Waals surface area contributed by atoms with Gasteiger partial charge in [-0.05, 0) is 35.3 Å². The number of benzene rings is 1. The molecule has 0 saturated carbocycles. The standard InChI is InChI=1S/C11H15BrFNO/c1-3-4-7(2)15-11-5-8(12)9(13)6-10(11)14/h5-7H,3-4,14H2,1-2H3. The molecular formula is C11H15BrFNO. The molecule has 0 radical (unpaired) electrons. The summed E-state index contributed by atoms with van der Waals surface area (Å²) in [4.78, 5) is 0. The third kappa shape index (κ3) is 3.38. The maximum Gasteiger partial charge on any atom is 0.143 e. The number of nitrogens with two attached hydrogens (primary N) is 1. The fourth-order valence-electron chi connectivity index (χ4n) is 1.33. The molecule has 1 unspecified atom stereocenters. The van der Waals surface area contributed by atoms with Gasteiger partial charge in [-0.25, -0.2) is 4.39 Å². The van der Waals surface area contributed by atoms with Gasteiger partial charge in [0.05, 0.1) is 16.3 Å². The molecule has 0 amide bonds. The van der Waals surface area contributed by atoms with Crippen molar-refractivity contribution in [2.75, 3.05) is 5.73 Å². The summed E-state index contributed by atoms with van der Waals surface area (Å²) in [5.41, 5.74) is 5.98. The minimum absolute atomic E-state index is 0.0923. The third-order valence-corrected chi connectivity index (χ3v) is 2.68. The topological polar surface area (TPSA) is 35.2 Å². The zero-order chi connectivity index (χ0) is 11.4. The minimum Gasteiger partial charge on any atom is -0.489 e. The average Bonchev–Trinajstić information content (AvgIpc) is 2.14. The van der Waals surface area contributed by atoms with E-state index in [-0.39, 0.29) is 11.9 Å². The molecule has 84 valence electrons. The number of hydrogen-bond donors (Lipinski definition) is 1. The van der Waals surface area contributed by atoms with Crippen LogP contribution in [0.3, 0.4) is 0 Å². The van der Waals surface area contributed by atoms with E-state index in [4.69, 9.17) is 10.5 Å². The summed E-state index contributed by atoms with van der Waals surface area (Å²) in [6, 6.07) is 2.83. The van der Waals surface area contributed by atoms with Crippen molar-refractivity contribution >= 4 is 21.6 Å². The van der Waals surface area contributed by atoms with Crippen LogP contribution in [0.15, 0.2) is 16.6 Å². The van der Waals surface area contributed by atoms with E-state index in [1.54, 1.807) is 6.07 Å². The molecule has 0 aromatic heterocycles. The van der Waals surface area contributed by atoms with Gasteiger partial charge in [-0.1, -0.05) is 13.3 Å². The predicted octanol–water partition coefficient (Wildman–Crippen LogP) is 3.74. The van der Waals surface area contributed by atoms with Crippen molar-refractivity contribution in [1.29, 1.82) is 0 Å². The Bertz CT molecular complexity index is 344. The molecule has 0 bridgehead atoms. The smallest absolute Gasteiger partial charge is 0.143 e. The summed E-state index contributed by atoms with van der Waals surface area (Å²) < 4.78 is 19.0. The highest BCUT2D eigenvalue weighted by Crippen LogP contribution is 2.29. The quantitative estimate of drug-likeness (QED) is 0.850. The fourth-order valence-corrected chi connectivity index (χ4v) is 1.65. The van der Waals surface area contributed by atoms with E-state index in [1.165, 1.54) is 6.07 Å². The molecule has 0 aliphatic heterocycles. The molecule has 0 fully saturated rings. The Hall–Kier alpha value is -0.770. The van der Waals surface area contributed by atoms with Crippen LogP contribution in [0.5, 0.6) is 5.75 Å². The monoisotopic (exact) mass is 275 g/mol. The van der Waals surface area contributed by atoms with Crippen molar-refractivity contribution in [3.8, 4) is 5.75 Å². The van der Waals surface area contributed by atoms with Gasteiger partial charge in [0.1, 0.15) is 11.6 Å². The van der Waals surface area contributed by atoms with Gasteiger partial charge >= 0.3 is 0 Å². The van der Waals surface area contributed by atoms with Crippen molar-refractivity contribution < 1.29 is 9.13 Å². The van der Waals surface area contributed by atoms with Crippen molar-refractivity contribution in [2.45, 2.75) is 32.8 Å². The number of hydrogen-bond acceptors (Lipinski definition) is 2. The molecule has 1 aromatic carbocycles. The molecule has 0 spiro atoms. The van der Waals surface area contributed by atoms with Crippen LogP contribution in [-0.4, -0.2) is 6.10 Å². The van der Waals surface area contributed by atoms with Gasteiger partial charge in [0.2, 0.25) is 0 Å². The second-order valence-electron chi connectivity index (χ2n) is 3.52. The number of rotatable bonds is 4. The molecule has 0 saturated heterocycles. The lowest BCUT2D eigenvalue weighted by atomic mass is 10.2. The van der Waals surface area contributed by atoms with Crippen LogP contribution in [0.4, 0.5) is 10.1 Å². The van der Waals surface area contributed by atoms with E-state index in [9.17, 15) is 4.39 Å². The Morgan fingerprint density at radius 2 is 2.20 bits per heavy atom. The van der Waals surface area contributed by atoms with Crippen LogP contribution in [0, 0.1) is 5.82 Å². The minimum atomic E-state index is -0.372. The van der Waals surface area contributed by atoms with Crippen molar-refractivity contribution in [3.63, 3.8) is 0 Å². The van der Waals surface area contributed by atoms with E-state index < -0.39 is 0 Å². The molecule has 15 heavy (non-hydrogen) atoms. The molecule has 2 nitrogen and oxygen atoms in total. The average molecular weight is 276 g/mol. The number of nitrogen functional groups attached to an aromatic ring is 1. The van der Waals surface area contributed by atoms with Gasteiger partial charge in [-0.15, -0.1) is 0 Å². The maximum atomic E-state index is 13.1. The first-order chi connectivity index (χ1) is 7.04. The fraction of sp³-hybridized carbons (Fsp3) is 0.455. The second kappa shape index (κ2) is 5.35. The Kier molecular flexibility index (Phi) is 4.39. The summed E-state index contributed by atoms with van der Waals surface area (Å²) in [5, 5.41) is 0. The van der Waals surface area contributed by atoms with Crippen LogP contribution >= 0.6 is 15.9 Å². The first-order valence-electron chi connectivity index (χ1n) is 4.95. The lowest BCUT2D eigenvalue weighted by Crippen LogP contribution is -2.12. The molecular weight excluding hydrogens is 261 g/mol. The zero-order valence-corrected chi connectivity index (χ0v) is 10.5. The Labute approximate surface area is 97.7 Å². The summed E-state index contributed by atoms with van der Waals surface area (Å²) in [7, 11) is 0. The number of halogens is 2. The van der Waals surface area contributed by atoms with Gasteiger partial charge < -0.3 is 10.5 Å². The van der Waals surface area contributed by atoms with Gasteiger partial charge in [0.25, 0.3) is 0 Å². The molecule has 2 N–H and O–H groups in total. The molecule has 0 aliphatic carbocycles. The Morgan fingerprint density at radius 1 is 1.53 bits per heavy atom. The molecule has 0 heterocycles. The molecule has 1 aromatic rings. The summed E-state index contributed by atoms with van der Waals surface area (Å²) >= 11 is 3.10.